The molecule has 0 fully saturated rings. The Kier molecular flexibility index (Phi) is 8.05. The Morgan fingerprint density at radius 1 is 1.25 bits per heavy atom. The molecule has 0 bridgehead atoms. The summed E-state index contributed by atoms with van der Waals surface area (Å²) < 4.78 is 18.2. The molecule has 0 aliphatic rings. The van der Waals surface area contributed by atoms with Crippen LogP contribution >= 0.6 is 0 Å². The van der Waals surface area contributed by atoms with Crippen LogP contribution < -0.4 is 0 Å². The molecule has 0 saturated heterocycles. The van der Waals surface area contributed by atoms with Gasteiger partial charge in [-0.05, 0) is 48.4 Å². The highest BCUT2D eigenvalue weighted by Crippen LogP contribution is 2.20. The molecule has 0 amide bonds. The van der Waals surface area contributed by atoms with Crippen LogP contribution in [-0.2, 0) is 27.2 Å². The number of hydrogen-bond acceptors (Lipinski definition) is 4. The van der Waals surface area contributed by atoms with E-state index in [0.29, 0.717) is 6.42 Å². The van der Waals surface area contributed by atoms with Gasteiger partial charge in [-0.1, -0.05) is 26.8 Å². The van der Waals surface area contributed by atoms with E-state index in [1.807, 2.05) is 20.8 Å². The smallest absolute Gasteiger partial charge is 0.316 e. The molecule has 134 valence electrons. The largest absolute Gasteiger partial charge is 0.468 e. The topological polar surface area (TPSA) is 63.6 Å². The molecule has 1 rings (SSSR count). The van der Waals surface area contributed by atoms with Crippen LogP contribution in [0.25, 0.3) is 0 Å². The minimum atomic E-state index is -0.934. The molecule has 2 unspecified atom stereocenters. The Labute approximate surface area is 143 Å². The lowest BCUT2D eigenvalue weighted by Crippen LogP contribution is -2.30. The van der Waals surface area contributed by atoms with Gasteiger partial charge in [0.25, 0.3) is 0 Å². The summed E-state index contributed by atoms with van der Waals surface area (Å²) in [7, 11) is 1.24. The first-order valence-electron chi connectivity index (χ1n) is 8.36. The van der Waals surface area contributed by atoms with E-state index >= 15 is 0 Å². The highest BCUT2D eigenvalue weighted by Gasteiger charge is 2.29. The van der Waals surface area contributed by atoms with Crippen molar-refractivity contribution >= 4 is 11.8 Å². The van der Waals surface area contributed by atoms with Crippen LogP contribution in [0.3, 0.4) is 0 Å². The first kappa shape index (κ1) is 20.3. The molecule has 0 spiro atoms. The number of rotatable bonds is 9. The number of esters is 1. The van der Waals surface area contributed by atoms with Crippen LogP contribution in [0.15, 0.2) is 18.2 Å². The van der Waals surface area contributed by atoms with Gasteiger partial charge in [0, 0.05) is 6.42 Å². The third kappa shape index (κ3) is 5.71. The quantitative estimate of drug-likeness (QED) is 0.555. The van der Waals surface area contributed by atoms with E-state index in [-0.39, 0.29) is 30.4 Å². The Hall–Kier alpha value is -1.75. The first-order valence-corrected chi connectivity index (χ1v) is 8.36. The van der Waals surface area contributed by atoms with Gasteiger partial charge in [-0.2, -0.15) is 0 Å². The molecule has 1 N–H and O–H groups in total. The Balaban J connectivity index is 2.86. The molecule has 0 heterocycles. The summed E-state index contributed by atoms with van der Waals surface area (Å²) in [5.41, 5.74) is 1.79. The van der Waals surface area contributed by atoms with E-state index in [1.165, 1.54) is 19.2 Å². The lowest BCUT2D eigenvalue weighted by atomic mass is 9.89. The molecule has 24 heavy (non-hydrogen) atoms. The Bertz CT molecular complexity index is 568. The summed E-state index contributed by atoms with van der Waals surface area (Å²) in [5, 5.41) is 9.88. The maximum Gasteiger partial charge on any atom is 0.316 e. The van der Waals surface area contributed by atoms with Crippen molar-refractivity contribution in [1.29, 1.82) is 0 Å². The molecule has 2 atom stereocenters. The van der Waals surface area contributed by atoms with Gasteiger partial charge in [0.15, 0.2) is 0 Å². The average molecular weight is 338 g/mol. The molecule has 1 aromatic rings. The lowest BCUT2D eigenvalue weighted by molar-refractivity contribution is -0.150. The van der Waals surface area contributed by atoms with Gasteiger partial charge >= 0.3 is 5.97 Å². The molecule has 1 aromatic carbocycles. The summed E-state index contributed by atoms with van der Waals surface area (Å²) >= 11 is 0. The number of benzene rings is 1. The second-order valence-electron chi connectivity index (χ2n) is 6.36. The van der Waals surface area contributed by atoms with Gasteiger partial charge in [0.1, 0.15) is 17.5 Å². The van der Waals surface area contributed by atoms with Crippen LogP contribution in [0, 0.1) is 17.7 Å². The number of aliphatic hydroxyl groups is 1. The van der Waals surface area contributed by atoms with Crippen LogP contribution in [0.4, 0.5) is 4.39 Å². The number of ketones is 1. The summed E-state index contributed by atoms with van der Waals surface area (Å²) in [6.07, 6.45) is 0.529. The molecule has 0 aromatic heterocycles. The monoisotopic (exact) mass is 338 g/mol. The Morgan fingerprint density at radius 3 is 2.46 bits per heavy atom. The zero-order valence-corrected chi connectivity index (χ0v) is 14.8. The van der Waals surface area contributed by atoms with Crippen LogP contribution in [-0.4, -0.2) is 30.1 Å². The van der Waals surface area contributed by atoms with Crippen molar-refractivity contribution in [3.05, 3.63) is 35.1 Å². The molecule has 0 aliphatic heterocycles. The predicted molar refractivity (Wildman–Crippen MR) is 90.1 cm³/mol. The molecular weight excluding hydrogens is 311 g/mol. The maximum atomic E-state index is 13.5. The molecule has 5 heteroatoms. The number of aryl methyl sites for hydroxylation is 2. The third-order valence-electron chi connectivity index (χ3n) is 4.31. The number of ether oxygens (including phenoxy) is 1. The zero-order chi connectivity index (χ0) is 18.3. The van der Waals surface area contributed by atoms with Crippen molar-refractivity contribution in [2.45, 2.75) is 52.6 Å². The number of halogens is 1. The number of methoxy groups -OCH3 is 1. The normalized spacial score (nSPS) is 13.6. The third-order valence-corrected chi connectivity index (χ3v) is 4.31. The standard InChI is InChI=1S/C19H27FO4/c1-5-13-6-8-15(20)10-14(13)7-9-16(19(23)24-4)18(22)11-17(21)12(2)3/h6,8,10,12,16-17,21H,5,7,9,11H2,1-4H3. The summed E-state index contributed by atoms with van der Waals surface area (Å²) in [4.78, 5) is 24.3. The van der Waals surface area contributed by atoms with Gasteiger partial charge < -0.3 is 9.84 Å². The molecule has 4 nitrogen and oxygen atoms in total. The van der Waals surface area contributed by atoms with Crippen LogP contribution in [0.2, 0.25) is 0 Å². The predicted octanol–water partition coefficient (Wildman–Crippen LogP) is 3.09. The minimum Gasteiger partial charge on any atom is -0.468 e. The van der Waals surface area contributed by atoms with Gasteiger partial charge in [0.2, 0.25) is 0 Å². The van der Waals surface area contributed by atoms with E-state index in [1.54, 1.807) is 6.07 Å². The zero-order valence-electron chi connectivity index (χ0n) is 14.8. The van der Waals surface area contributed by atoms with Crippen molar-refractivity contribution in [3.63, 3.8) is 0 Å². The molecule has 0 radical (unpaired) electrons. The highest BCUT2D eigenvalue weighted by atomic mass is 19.1. The fraction of sp³-hybridized carbons (Fsp3) is 0.579. The van der Waals surface area contributed by atoms with E-state index < -0.39 is 18.0 Å². The Morgan fingerprint density at radius 2 is 1.92 bits per heavy atom. The number of hydrogen-bond donors (Lipinski definition) is 1. The van der Waals surface area contributed by atoms with E-state index in [2.05, 4.69) is 0 Å². The summed E-state index contributed by atoms with van der Waals surface area (Å²) in [6.45, 7) is 5.59. The molecule has 0 saturated carbocycles. The molecule has 0 aliphatic carbocycles. The number of Topliss-reactive ketones (excluding diaryl/α,β-unsaturated/α-hetero) is 1. The van der Waals surface area contributed by atoms with Gasteiger partial charge in [-0.15, -0.1) is 0 Å². The maximum absolute atomic E-state index is 13.5. The second-order valence-corrected chi connectivity index (χ2v) is 6.36. The summed E-state index contributed by atoms with van der Waals surface area (Å²) in [6, 6.07) is 4.58. The average Bonchev–Trinajstić information content (AvgIpc) is 2.54. The van der Waals surface area contributed by atoms with Crippen molar-refractivity contribution in [2.24, 2.45) is 11.8 Å². The van der Waals surface area contributed by atoms with Crippen LogP contribution in [0.5, 0.6) is 0 Å². The first-order chi connectivity index (χ1) is 11.3. The minimum absolute atomic E-state index is 0.0674. The number of carbonyl (C=O) groups excluding carboxylic acids is 2. The van der Waals surface area contributed by atoms with Crippen molar-refractivity contribution in [1.82, 2.24) is 0 Å². The van der Waals surface area contributed by atoms with Gasteiger partial charge in [-0.3, -0.25) is 9.59 Å². The van der Waals surface area contributed by atoms with Gasteiger partial charge in [0.05, 0.1) is 13.2 Å². The van der Waals surface area contributed by atoms with Crippen molar-refractivity contribution in [3.8, 4) is 0 Å². The van der Waals surface area contributed by atoms with Crippen molar-refractivity contribution < 1.29 is 23.8 Å². The number of carbonyl (C=O) groups is 2. The SMILES string of the molecule is CCc1ccc(F)cc1CCC(C(=O)CC(O)C(C)C)C(=O)OC. The fourth-order valence-corrected chi connectivity index (χ4v) is 2.61. The van der Waals surface area contributed by atoms with E-state index in [4.69, 9.17) is 4.74 Å². The highest BCUT2D eigenvalue weighted by molar-refractivity contribution is 5.99. The van der Waals surface area contributed by atoms with Crippen molar-refractivity contribution in [2.75, 3.05) is 7.11 Å². The summed E-state index contributed by atoms with van der Waals surface area (Å²) in [5.74, 6) is -2.28. The van der Waals surface area contributed by atoms with Crippen LogP contribution in [0.1, 0.15) is 44.7 Å². The van der Waals surface area contributed by atoms with E-state index in [0.717, 1.165) is 17.5 Å². The number of aliphatic hydroxyl groups excluding tert-OH is 1. The van der Waals surface area contributed by atoms with E-state index in [9.17, 15) is 19.1 Å². The fourth-order valence-electron chi connectivity index (χ4n) is 2.61. The second kappa shape index (κ2) is 9.52. The molecular formula is C19H27FO4. The lowest BCUT2D eigenvalue weighted by Gasteiger charge is -2.18. The van der Waals surface area contributed by atoms with Gasteiger partial charge in [-0.25, -0.2) is 4.39 Å².